The zero-order chi connectivity index (χ0) is 21.9. The number of carbonyl (C=O) groups excluding carboxylic acids is 1. The SMILES string of the molecule is NS(=O)(=O)c1ccccc1-n1nc(CCCC(=O)NO)cc1-c1ccc(F)c(Cl)c1. The summed E-state index contributed by atoms with van der Waals surface area (Å²) in [5.74, 6) is -1.12. The fourth-order valence-corrected chi connectivity index (χ4v) is 3.85. The molecule has 0 radical (unpaired) electrons. The number of hydrogen-bond acceptors (Lipinski definition) is 5. The summed E-state index contributed by atoms with van der Waals surface area (Å²) in [6.45, 7) is 0. The van der Waals surface area contributed by atoms with Crippen LogP contribution in [-0.4, -0.2) is 29.3 Å². The minimum Gasteiger partial charge on any atom is -0.289 e. The molecule has 0 atom stereocenters. The van der Waals surface area contributed by atoms with E-state index in [1.54, 1.807) is 23.7 Å². The number of hydroxylamine groups is 1. The summed E-state index contributed by atoms with van der Waals surface area (Å²) in [4.78, 5) is 11.1. The van der Waals surface area contributed by atoms with Crippen LogP contribution < -0.4 is 10.6 Å². The molecule has 0 aliphatic heterocycles. The maximum absolute atomic E-state index is 13.6. The molecule has 11 heteroatoms. The molecule has 1 heterocycles. The van der Waals surface area contributed by atoms with Crippen LogP contribution in [0.4, 0.5) is 4.39 Å². The van der Waals surface area contributed by atoms with Crippen LogP contribution in [0.15, 0.2) is 53.4 Å². The van der Waals surface area contributed by atoms with E-state index >= 15 is 0 Å². The van der Waals surface area contributed by atoms with Crippen LogP contribution in [0.1, 0.15) is 18.5 Å². The number of nitrogens with one attached hydrogen (secondary N) is 1. The fraction of sp³-hybridized carbons (Fsp3) is 0.158. The van der Waals surface area contributed by atoms with E-state index in [1.165, 1.54) is 35.0 Å². The Balaban J connectivity index is 2.11. The van der Waals surface area contributed by atoms with Gasteiger partial charge in [-0.15, -0.1) is 0 Å². The highest BCUT2D eigenvalue weighted by Gasteiger charge is 2.20. The number of benzene rings is 2. The molecule has 0 saturated heterocycles. The van der Waals surface area contributed by atoms with Crippen LogP contribution in [0.25, 0.3) is 16.9 Å². The Morgan fingerprint density at radius 3 is 2.63 bits per heavy atom. The number of nitrogens with two attached hydrogens (primary N) is 1. The highest BCUT2D eigenvalue weighted by atomic mass is 35.5. The van der Waals surface area contributed by atoms with E-state index in [0.29, 0.717) is 29.8 Å². The lowest BCUT2D eigenvalue weighted by molar-refractivity contribution is -0.129. The molecule has 8 nitrogen and oxygen atoms in total. The van der Waals surface area contributed by atoms with Crippen LogP contribution in [0.2, 0.25) is 5.02 Å². The van der Waals surface area contributed by atoms with Crippen molar-refractivity contribution in [2.24, 2.45) is 5.14 Å². The number of primary sulfonamides is 1. The van der Waals surface area contributed by atoms with E-state index in [9.17, 15) is 17.6 Å². The Labute approximate surface area is 177 Å². The summed E-state index contributed by atoms with van der Waals surface area (Å²) in [7, 11) is -4.05. The van der Waals surface area contributed by atoms with Crippen molar-refractivity contribution in [3.63, 3.8) is 0 Å². The molecule has 4 N–H and O–H groups in total. The summed E-state index contributed by atoms with van der Waals surface area (Å²) in [6, 6.07) is 11.9. The average molecular weight is 453 g/mol. The number of aryl methyl sites for hydroxylation is 1. The molecule has 3 rings (SSSR count). The predicted molar refractivity (Wildman–Crippen MR) is 108 cm³/mol. The number of amides is 1. The van der Waals surface area contributed by atoms with Crippen LogP contribution >= 0.6 is 11.6 Å². The average Bonchev–Trinajstić information content (AvgIpc) is 3.13. The monoisotopic (exact) mass is 452 g/mol. The highest BCUT2D eigenvalue weighted by Crippen LogP contribution is 2.30. The first-order chi connectivity index (χ1) is 14.2. The summed E-state index contributed by atoms with van der Waals surface area (Å²) in [5, 5.41) is 18.3. The van der Waals surface area contributed by atoms with Gasteiger partial charge in [-0.2, -0.15) is 5.10 Å². The van der Waals surface area contributed by atoms with Gasteiger partial charge in [0.1, 0.15) is 10.7 Å². The van der Waals surface area contributed by atoms with Crippen LogP contribution in [0, 0.1) is 5.82 Å². The minimum absolute atomic E-state index is 0.0782. The van der Waals surface area contributed by atoms with Gasteiger partial charge >= 0.3 is 0 Å². The molecule has 0 bridgehead atoms. The number of rotatable bonds is 7. The van der Waals surface area contributed by atoms with Crippen molar-refractivity contribution in [1.82, 2.24) is 15.3 Å². The largest absolute Gasteiger partial charge is 0.289 e. The summed E-state index contributed by atoms with van der Waals surface area (Å²) >= 11 is 5.92. The van der Waals surface area contributed by atoms with E-state index in [4.69, 9.17) is 21.9 Å². The van der Waals surface area contributed by atoms with Crippen molar-refractivity contribution in [2.75, 3.05) is 0 Å². The third kappa shape index (κ3) is 4.85. The van der Waals surface area contributed by atoms with Crippen molar-refractivity contribution >= 4 is 27.5 Å². The molecule has 1 amide bonds. The quantitative estimate of drug-likeness (QED) is 0.375. The number of sulfonamides is 1. The molecule has 0 saturated carbocycles. The zero-order valence-corrected chi connectivity index (χ0v) is 17.1. The molecule has 1 aromatic heterocycles. The van der Waals surface area contributed by atoms with E-state index in [-0.39, 0.29) is 22.0 Å². The summed E-state index contributed by atoms with van der Waals surface area (Å²) in [5.41, 5.74) is 3.31. The maximum atomic E-state index is 13.6. The van der Waals surface area contributed by atoms with Gasteiger partial charge in [-0.1, -0.05) is 23.7 Å². The Morgan fingerprint density at radius 1 is 1.23 bits per heavy atom. The lowest BCUT2D eigenvalue weighted by atomic mass is 10.1. The number of aromatic nitrogens is 2. The van der Waals surface area contributed by atoms with Gasteiger partial charge in [0, 0.05) is 12.0 Å². The Kier molecular flexibility index (Phi) is 6.52. The lowest BCUT2D eigenvalue weighted by Crippen LogP contribution is -2.18. The van der Waals surface area contributed by atoms with Crippen molar-refractivity contribution in [1.29, 1.82) is 0 Å². The molecule has 2 aromatic carbocycles. The first kappa shape index (κ1) is 21.9. The topological polar surface area (TPSA) is 127 Å². The van der Waals surface area contributed by atoms with Crippen molar-refractivity contribution < 1.29 is 22.8 Å². The van der Waals surface area contributed by atoms with Gasteiger partial charge in [0.25, 0.3) is 0 Å². The first-order valence-electron chi connectivity index (χ1n) is 8.80. The molecule has 158 valence electrons. The fourth-order valence-electron chi connectivity index (χ4n) is 2.96. The van der Waals surface area contributed by atoms with Crippen LogP contribution in [-0.2, 0) is 21.2 Å². The van der Waals surface area contributed by atoms with Gasteiger partial charge in [-0.25, -0.2) is 28.1 Å². The third-order valence-electron chi connectivity index (χ3n) is 4.34. The van der Waals surface area contributed by atoms with E-state index in [2.05, 4.69) is 5.10 Å². The van der Waals surface area contributed by atoms with Gasteiger partial charge in [0.2, 0.25) is 15.9 Å². The Bertz CT molecular complexity index is 1200. The molecule has 0 unspecified atom stereocenters. The minimum atomic E-state index is -4.05. The molecule has 0 aliphatic rings. The number of halogens is 2. The molecule has 3 aromatic rings. The normalized spacial score (nSPS) is 11.5. The molecule has 0 fully saturated rings. The third-order valence-corrected chi connectivity index (χ3v) is 5.58. The smallest absolute Gasteiger partial charge is 0.243 e. The second-order valence-corrected chi connectivity index (χ2v) is 8.40. The number of carbonyl (C=O) groups is 1. The number of nitrogens with zero attached hydrogens (tertiary/aromatic N) is 2. The Hall–Kier alpha value is -2.79. The lowest BCUT2D eigenvalue weighted by Gasteiger charge is -2.11. The van der Waals surface area contributed by atoms with Crippen molar-refractivity contribution in [3.05, 3.63) is 65.1 Å². The molecule has 30 heavy (non-hydrogen) atoms. The van der Waals surface area contributed by atoms with Crippen LogP contribution in [0.5, 0.6) is 0 Å². The van der Waals surface area contributed by atoms with Gasteiger partial charge in [0.15, 0.2) is 0 Å². The van der Waals surface area contributed by atoms with Gasteiger partial charge in [-0.05, 0) is 49.2 Å². The predicted octanol–water partition coefficient (Wildman–Crippen LogP) is 2.81. The molecular weight excluding hydrogens is 435 g/mol. The van der Waals surface area contributed by atoms with E-state index in [0.717, 1.165) is 0 Å². The number of para-hydroxylation sites is 1. The van der Waals surface area contributed by atoms with Gasteiger partial charge < -0.3 is 0 Å². The van der Waals surface area contributed by atoms with E-state index < -0.39 is 21.7 Å². The summed E-state index contributed by atoms with van der Waals surface area (Å²) in [6.07, 6.45) is 0.846. The van der Waals surface area contributed by atoms with Crippen molar-refractivity contribution in [3.8, 4) is 16.9 Å². The van der Waals surface area contributed by atoms with Crippen molar-refractivity contribution in [2.45, 2.75) is 24.2 Å². The summed E-state index contributed by atoms with van der Waals surface area (Å²) < 4.78 is 39.1. The van der Waals surface area contributed by atoms with Gasteiger partial charge in [-0.3, -0.25) is 10.0 Å². The van der Waals surface area contributed by atoms with E-state index in [1.807, 2.05) is 0 Å². The first-order valence-corrected chi connectivity index (χ1v) is 10.7. The Morgan fingerprint density at radius 2 is 1.97 bits per heavy atom. The molecule has 0 aliphatic carbocycles. The second kappa shape index (κ2) is 8.92. The second-order valence-electron chi connectivity index (χ2n) is 6.46. The molecular formula is C19H18ClFN4O4S. The van der Waals surface area contributed by atoms with Gasteiger partial charge in [0.05, 0.1) is 22.1 Å². The standard InChI is InChI=1S/C19H18ClFN4O4S/c20-14-10-12(8-9-15(14)21)17-11-13(4-3-7-19(26)24-27)23-25(17)16-5-1-2-6-18(16)30(22,28)29/h1-2,5-6,8-11,27H,3-4,7H2,(H,24,26)(H2,22,28,29). The zero-order valence-electron chi connectivity index (χ0n) is 15.5. The molecule has 0 spiro atoms. The number of hydrogen-bond donors (Lipinski definition) is 3. The maximum Gasteiger partial charge on any atom is 0.243 e. The van der Waals surface area contributed by atoms with Crippen LogP contribution in [0.3, 0.4) is 0 Å². The highest BCUT2D eigenvalue weighted by molar-refractivity contribution is 7.89.